The van der Waals surface area contributed by atoms with Crippen LogP contribution in [0.2, 0.25) is 0 Å². The molecule has 6 heteroatoms. The summed E-state index contributed by atoms with van der Waals surface area (Å²) in [6, 6.07) is 12.7. The first-order valence-electron chi connectivity index (χ1n) is 7.90. The number of carbonyl (C=O) groups excluding carboxylic acids is 2. The average Bonchev–Trinajstić information content (AvgIpc) is 2.62. The molecule has 25 heavy (non-hydrogen) atoms. The van der Waals surface area contributed by atoms with E-state index in [4.69, 9.17) is 9.47 Å². The number of carbonyl (C=O) groups is 2. The van der Waals surface area contributed by atoms with E-state index in [2.05, 4.69) is 10.6 Å². The summed E-state index contributed by atoms with van der Waals surface area (Å²) >= 11 is 0. The summed E-state index contributed by atoms with van der Waals surface area (Å²) in [5.74, 6) is 0.144. The molecule has 2 amide bonds. The Bertz CT molecular complexity index is 742. The minimum absolute atomic E-state index is 0.375. The minimum atomic E-state index is -0.695. The van der Waals surface area contributed by atoms with Crippen LogP contribution in [0.5, 0.6) is 11.5 Å². The summed E-state index contributed by atoms with van der Waals surface area (Å²) in [7, 11) is 3.19. The van der Waals surface area contributed by atoms with Crippen LogP contribution in [0.3, 0.4) is 0 Å². The van der Waals surface area contributed by atoms with Crippen LogP contribution in [-0.4, -0.2) is 32.6 Å². The monoisotopic (exact) mass is 342 g/mol. The molecule has 0 heterocycles. The minimum Gasteiger partial charge on any atom is -0.497 e. The zero-order chi connectivity index (χ0) is 18.2. The van der Waals surface area contributed by atoms with Crippen molar-refractivity contribution in [2.45, 2.75) is 13.3 Å². The van der Waals surface area contributed by atoms with Crippen molar-refractivity contribution in [1.29, 1.82) is 0 Å². The second-order valence-electron chi connectivity index (χ2n) is 5.49. The molecule has 132 valence electrons. The normalized spacial score (nSPS) is 10.0. The third kappa shape index (κ3) is 5.24. The second-order valence-corrected chi connectivity index (χ2v) is 5.49. The van der Waals surface area contributed by atoms with Gasteiger partial charge in [0.2, 0.25) is 0 Å². The highest BCUT2D eigenvalue weighted by molar-refractivity contribution is 6.39. The van der Waals surface area contributed by atoms with Gasteiger partial charge in [-0.2, -0.15) is 0 Å². The molecule has 2 aromatic rings. The molecule has 0 saturated carbocycles. The first kappa shape index (κ1) is 18.3. The number of methoxy groups -OCH3 is 2. The highest BCUT2D eigenvalue weighted by Crippen LogP contribution is 2.21. The summed E-state index contributed by atoms with van der Waals surface area (Å²) in [6.07, 6.45) is 0.630. The smallest absolute Gasteiger partial charge is 0.313 e. The van der Waals surface area contributed by atoms with Gasteiger partial charge in [0.25, 0.3) is 0 Å². The Morgan fingerprint density at radius 3 is 2.28 bits per heavy atom. The van der Waals surface area contributed by atoms with Crippen LogP contribution in [0, 0.1) is 6.92 Å². The first-order valence-corrected chi connectivity index (χ1v) is 7.90. The van der Waals surface area contributed by atoms with E-state index in [1.54, 1.807) is 32.4 Å². The molecule has 0 radical (unpaired) electrons. The van der Waals surface area contributed by atoms with E-state index in [0.717, 1.165) is 22.6 Å². The molecule has 2 aromatic carbocycles. The topological polar surface area (TPSA) is 76.7 Å². The van der Waals surface area contributed by atoms with E-state index in [1.165, 1.54) is 0 Å². The van der Waals surface area contributed by atoms with Gasteiger partial charge >= 0.3 is 11.8 Å². The number of benzene rings is 2. The standard InChI is InChI=1S/C19H22N2O4/c1-13-12-15(6-9-17(13)25-3)21-19(23)18(22)20-11-10-14-4-7-16(24-2)8-5-14/h4-9,12H,10-11H2,1-3H3,(H,20,22)(H,21,23). The molecule has 6 nitrogen and oxygen atoms in total. The second kappa shape index (κ2) is 8.73. The lowest BCUT2D eigenvalue weighted by Crippen LogP contribution is -2.36. The van der Waals surface area contributed by atoms with Gasteiger partial charge in [-0.15, -0.1) is 0 Å². The van der Waals surface area contributed by atoms with E-state index in [0.29, 0.717) is 18.7 Å². The van der Waals surface area contributed by atoms with Gasteiger partial charge in [0.1, 0.15) is 11.5 Å². The van der Waals surface area contributed by atoms with Crippen molar-refractivity contribution in [3.63, 3.8) is 0 Å². The number of hydrogen-bond donors (Lipinski definition) is 2. The Hall–Kier alpha value is -3.02. The molecular weight excluding hydrogens is 320 g/mol. The molecule has 0 fully saturated rings. The van der Waals surface area contributed by atoms with E-state index < -0.39 is 11.8 Å². The van der Waals surface area contributed by atoms with Crippen LogP contribution in [0.15, 0.2) is 42.5 Å². The molecular formula is C19H22N2O4. The summed E-state index contributed by atoms with van der Waals surface area (Å²) in [4.78, 5) is 23.8. The lowest BCUT2D eigenvalue weighted by atomic mass is 10.1. The first-order chi connectivity index (χ1) is 12.0. The lowest BCUT2D eigenvalue weighted by molar-refractivity contribution is -0.136. The Labute approximate surface area is 147 Å². The van der Waals surface area contributed by atoms with Crippen LogP contribution in [0.1, 0.15) is 11.1 Å². The highest BCUT2D eigenvalue weighted by Gasteiger charge is 2.13. The van der Waals surface area contributed by atoms with Crippen molar-refractivity contribution in [2.75, 3.05) is 26.1 Å². The summed E-state index contributed by atoms with van der Waals surface area (Å²) < 4.78 is 10.3. The maximum atomic E-state index is 11.9. The maximum absolute atomic E-state index is 11.9. The predicted octanol–water partition coefficient (Wildman–Crippen LogP) is 2.31. The molecule has 0 spiro atoms. The molecule has 0 aliphatic carbocycles. The van der Waals surface area contributed by atoms with Crippen molar-refractivity contribution >= 4 is 17.5 Å². The fourth-order valence-electron chi connectivity index (χ4n) is 2.34. The van der Waals surface area contributed by atoms with Crippen molar-refractivity contribution in [3.8, 4) is 11.5 Å². The number of ether oxygens (including phenoxy) is 2. The van der Waals surface area contributed by atoms with E-state index in [9.17, 15) is 9.59 Å². The third-order valence-electron chi connectivity index (χ3n) is 3.72. The van der Waals surface area contributed by atoms with Crippen molar-refractivity contribution in [2.24, 2.45) is 0 Å². The molecule has 0 bridgehead atoms. The number of amides is 2. The Morgan fingerprint density at radius 2 is 1.68 bits per heavy atom. The largest absolute Gasteiger partial charge is 0.497 e. The number of anilines is 1. The van der Waals surface area contributed by atoms with Crippen LogP contribution in [0.4, 0.5) is 5.69 Å². The molecule has 0 unspecified atom stereocenters. The number of aryl methyl sites for hydroxylation is 1. The van der Waals surface area contributed by atoms with E-state index in [1.807, 2.05) is 31.2 Å². The van der Waals surface area contributed by atoms with E-state index >= 15 is 0 Å². The summed E-state index contributed by atoms with van der Waals surface area (Å²) in [5, 5.41) is 5.18. The van der Waals surface area contributed by atoms with Gasteiger partial charge in [-0.3, -0.25) is 9.59 Å². The molecule has 2 rings (SSSR count). The molecule has 0 aromatic heterocycles. The Kier molecular flexibility index (Phi) is 6.39. The van der Waals surface area contributed by atoms with Crippen LogP contribution in [0.25, 0.3) is 0 Å². The SMILES string of the molecule is COc1ccc(CCNC(=O)C(=O)Nc2ccc(OC)c(C)c2)cc1. The Balaban J connectivity index is 1.81. The fourth-order valence-corrected chi connectivity index (χ4v) is 2.34. The summed E-state index contributed by atoms with van der Waals surface area (Å²) in [5.41, 5.74) is 2.47. The maximum Gasteiger partial charge on any atom is 0.313 e. The lowest BCUT2D eigenvalue weighted by Gasteiger charge is -2.09. The van der Waals surface area contributed by atoms with Crippen molar-refractivity contribution in [1.82, 2.24) is 5.32 Å². The van der Waals surface area contributed by atoms with Gasteiger partial charge in [-0.1, -0.05) is 12.1 Å². The van der Waals surface area contributed by atoms with Gasteiger partial charge in [-0.05, 0) is 54.8 Å². The quantitative estimate of drug-likeness (QED) is 0.790. The van der Waals surface area contributed by atoms with Gasteiger partial charge < -0.3 is 20.1 Å². The van der Waals surface area contributed by atoms with Crippen LogP contribution < -0.4 is 20.1 Å². The average molecular weight is 342 g/mol. The predicted molar refractivity (Wildman–Crippen MR) is 96.1 cm³/mol. The zero-order valence-corrected chi connectivity index (χ0v) is 14.6. The van der Waals surface area contributed by atoms with Crippen LogP contribution in [-0.2, 0) is 16.0 Å². The zero-order valence-electron chi connectivity index (χ0n) is 14.6. The number of rotatable bonds is 6. The van der Waals surface area contributed by atoms with Gasteiger partial charge in [0, 0.05) is 12.2 Å². The van der Waals surface area contributed by atoms with Crippen LogP contribution >= 0.6 is 0 Å². The molecule has 0 aliphatic heterocycles. The molecule has 0 saturated heterocycles. The molecule has 2 N–H and O–H groups in total. The summed E-state index contributed by atoms with van der Waals surface area (Å²) in [6.45, 7) is 2.24. The van der Waals surface area contributed by atoms with Crippen molar-refractivity contribution in [3.05, 3.63) is 53.6 Å². The van der Waals surface area contributed by atoms with Crippen molar-refractivity contribution < 1.29 is 19.1 Å². The van der Waals surface area contributed by atoms with Gasteiger partial charge in [0.15, 0.2) is 0 Å². The number of hydrogen-bond acceptors (Lipinski definition) is 4. The Morgan fingerprint density at radius 1 is 0.960 bits per heavy atom. The third-order valence-corrected chi connectivity index (χ3v) is 3.72. The van der Waals surface area contributed by atoms with E-state index in [-0.39, 0.29) is 0 Å². The molecule has 0 aliphatic rings. The number of nitrogens with one attached hydrogen (secondary N) is 2. The highest BCUT2D eigenvalue weighted by atomic mass is 16.5. The van der Waals surface area contributed by atoms with Gasteiger partial charge in [0.05, 0.1) is 14.2 Å². The fraction of sp³-hybridized carbons (Fsp3) is 0.263. The molecule has 0 atom stereocenters. The van der Waals surface area contributed by atoms with Gasteiger partial charge in [-0.25, -0.2) is 0 Å².